The normalized spacial score (nSPS) is 12.3. The van der Waals surface area contributed by atoms with Gasteiger partial charge in [-0.15, -0.1) is 5.10 Å². The van der Waals surface area contributed by atoms with Gasteiger partial charge in [0.2, 0.25) is 5.91 Å². The molecule has 1 N–H and O–H groups in total. The van der Waals surface area contributed by atoms with Crippen LogP contribution in [0, 0.1) is 0 Å². The average Bonchev–Trinajstić information content (AvgIpc) is 3.34. The summed E-state index contributed by atoms with van der Waals surface area (Å²) in [6.07, 6.45) is 0.679. The van der Waals surface area contributed by atoms with Gasteiger partial charge in [0, 0.05) is 5.33 Å². The summed E-state index contributed by atoms with van der Waals surface area (Å²) in [5, 5.41) is 16.5. The van der Waals surface area contributed by atoms with Crippen LogP contribution < -0.4 is 5.32 Å². The van der Waals surface area contributed by atoms with Gasteiger partial charge in [0.05, 0.1) is 11.4 Å². The first-order valence-corrected chi connectivity index (χ1v) is 12.6. The van der Waals surface area contributed by atoms with Gasteiger partial charge in [-0.1, -0.05) is 123 Å². The van der Waals surface area contributed by atoms with Crippen molar-refractivity contribution in [3.63, 3.8) is 0 Å². The Morgan fingerprint density at radius 2 is 1.36 bits per heavy atom. The molecule has 0 saturated heterocycles. The van der Waals surface area contributed by atoms with Crippen molar-refractivity contribution in [2.24, 2.45) is 0 Å². The lowest BCUT2D eigenvalue weighted by Crippen LogP contribution is -2.41. The molecule has 4 aromatic rings. The number of rotatable bonds is 9. The zero-order chi connectivity index (χ0) is 23.1. The van der Waals surface area contributed by atoms with Crippen molar-refractivity contribution in [2.45, 2.75) is 23.3 Å². The molecule has 33 heavy (non-hydrogen) atoms. The summed E-state index contributed by atoms with van der Waals surface area (Å²) in [5.41, 5.74) is 2.22. The highest BCUT2D eigenvalue weighted by atomic mass is 79.9. The molecule has 168 valence electrons. The first kappa shape index (κ1) is 23.3. The second kappa shape index (κ2) is 10.9. The molecule has 1 atom stereocenters. The second-order valence-electron chi connectivity index (χ2n) is 7.48. The van der Waals surface area contributed by atoms with Crippen LogP contribution in [0.3, 0.4) is 0 Å². The van der Waals surface area contributed by atoms with Gasteiger partial charge >= 0.3 is 0 Å². The Labute approximate surface area is 209 Å². The van der Waals surface area contributed by atoms with Crippen molar-refractivity contribution in [1.29, 1.82) is 0 Å². The first-order valence-electron chi connectivity index (χ1n) is 10.6. The quantitative estimate of drug-likeness (QED) is 0.235. The predicted octanol–water partition coefficient (Wildman–Crippen LogP) is 4.68. The molecule has 0 radical (unpaired) electrons. The fourth-order valence-electron chi connectivity index (χ4n) is 3.99. The molecule has 0 aliphatic heterocycles. The maximum absolute atomic E-state index is 12.5. The minimum atomic E-state index is -0.822. The van der Waals surface area contributed by atoms with Crippen LogP contribution in [0.1, 0.15) is 28.9 Å². The van der Waals surface area contributed by atoms with E-state index in [9.17, 15) is 4.79 Å². The van der Waals surface area contributed by atoms with E-state index in [1.807, 2.05) is 59.3 Å². The highest BCUT2D eigenvalue weighted by Gasteiger charge is 2.41. The van der Waals surface area contributed by atoms with Crippen LogP contribution >= 0.6 is 31.9 Å². The minimum Gasteiger partial charge on any atom is -0.348 e. The number of carbonyl (C=O) groups is 1. The first-order chi connectivity index (χ1) is 16.2. The van der Waals surface area contributed by atoms with E-state index < -0.39 is 5.54 Å². The molecule has 0 aliphatic rings. The van der Waals surface area contributed by atoms with E-state index in [-0.39, 0.29) is 17.3 Å². The molecule has 6 nitrogen and oxygen atoms in total. The molecule has 1 aromatic heterocycles. The van der Waals surface area contributed by atoms with Gasteiger partial charge in [0.1, 0.15) is 5.54 Å². The highest BCUT2D eigenvalue weighted by molar-refractivity contribution is 9.10. The molecular weight excluding hydrogens is 546 g/mol. The van der Waals surface area contributed by atoms with Crippen LogP contribution in [0.25, 0.3) is 0 Å². The lowest BCUT2D eigenvalue weighted by Gasteiger charge is -2.36. The maximum atomic E-state index is 12.5. The number of hydrogen-bond donors (Lipinski definition) is 1. The van der Waals surface area contributed by atoms with E-state index in [0.717, 1.165) is 22.0 Å². The number of alkyl halides is 2. The number of halogens is 2. The molecule has 0 fully saturated rings. The van der Waals surface area contributed by atoms with Crippen LogP contribution in [-0.4, -0.2) is 36.3 Å². The molecule has 3 aromatic carbocycles. The molecule has 8 heteroatoms. The summed E-state index contributed by atoms with van der Waals surface area (Å²) in [4.78, 5) is 12.3. The van der Waals surface area contributed by atoms with Crippen LogP contribution in [0.2, 0.25) is 0 Å². The van der Waals surface area contributed by atoms with Crippen LogP contribution in [-0.2, 0) is 16.9 Å². The minimum absolute atomic E-state index is 0.103. The molecule has 0 spiro atoms. The summed E-state index contributed by atoms with van der Waals surface area (Å²) in [7, 11) is 0. The standard InChI is InChI=1S/C25H23Br2N5O/c26-17-16-22(27)24(33)28-18-23-29-30-31-32(23)25(19-10-4-1-5-11-19,20-12-6-2-7-13-20)21-14-8-3-9-15-21/h1-15,22H,16-18H2,(H,28,33). The zero-order valence-corrected chi connectivity index (χ0v) is 21.0. The molecule has 0 aliphatic carbocycles. The maximum Gasteiger partial charge on any atom is 0.234 e. The molecule has 1 amide bonds. The number of nitrogens with one attached hydrogen (secondary N) is 1. The molecule has 0 saturated carbocycles. The summed E-state index contributed by atoms with van der Waals surface area (Å²) >= 11 is 6.81. The van der Waals surface area contributed by atoms with E-state index in [0.29, 0.717) is 12.2 Å². The van der Waals surface area contributed by atoms with Gasteiger partial charge in [-0.25, -0.2) is 4.68 Å². The summed E-state index contributed by atoms with van der Waals surface area (Å²) in [5.74, 6) is 0.451. The number of nitrogens with zero attached hydrogens (tertiary/aromatic N) is 4. The third kappa shape index (κ3) is 4.77. The third-order valence-electron chi connectivity index (χ3n) is 5.49. The van der Waals surface area contributed by atoms with E-state index in [1.165, 1.54) is 0 Å². The van der Waals surface area contributed by atoms with Gasteiger partial charge in [0.15, 0.2) is 5.82 Å². The van der Waals surface area contributed by atoms with Crippen LogP contribution in [0.15, 0.2) is 91.0 Å². The fourth-order valence-corrected chi connectivity index (χ4v) is 5.45. The summed E-state index contributed by atoms with van der Waals surface area (Å²) < 4.78 is 1.82. The fraction of sp³-hybridized carbons (Fsp3) is 0.200. The van der Waals surface area contributed by atoms with Crippen molar-refractivity contribution >= 4 is 37.8 Å². The van der Waals surface area contributed by atoms with Gasteiger partial charge < -0.3 is 5.32 Å². The van der Waals surface area contributed by atoms with Gasteiger partial charge in [-0.3, -0.25) is 4.79 Å². The van der Waals surface area contributed by atoms with E-state index in [1.54, 1.807) is 0 Å². The van der Waals surface area contributed by atoms with E-state index in [2.05, 4.69) is 89.1 Å². The van der Waals surface area contributed by atoms with E-state index >= 15 is 0 Å². The summed E-state index contributed by atoms with van der Waals surface area (Å²) in [6.45, 7) is 0.199. The van der Waals surface area contributed by atoms with Crippen molar-refractivity contribution in [1.82, 2.24) is 25.5 Å². The van der Waals surface area contributed by atoms with Crippen LogP contribution in [0.5, 0.6) is 0 Å². The van der Waals surface area contributed by atoms with Gasteiger partial charge in [0.25, 0.3) is 0 Å². The molecule has 1 unspecified atom stereocenters. The lowest BCUT2D eigenvalue weighted by molar-refractivity contribution is -0.120. The van der Waals surface area contributed by atoms with Crippen molar-refractivity contribution in [2.75, 3.05) is 5.33 Å². The van der Waals surface area contributed by atoms with Gasteiger partial charge in [-0.2, -0.15) is 0 Å². The number of benzene rings is 3. The Kier molecular flexibility index (Phi) is 7.67. The van der Waals surface area contributed by atoms with Gasteiger partial charge in [-0.05, 0) is 33.5 Å². The highest BCUT2D eigenvalue weighted by Crippen LogP contribution is 2.40. The number of amides is 1. The molecule has 1 heterocycles. The monoisotopic (exact) mass is 567 g/mol. The molecule has 0 bridgehead atoms. The number of hydrogen-bond acceptors (Lipinski definition) is 4. The van der Waals surface area contributed by atoms with Crippen molar-refractivity contribution in [3.05, 3.63) is 114 Å². The molecule has 4 rings (SSSR count). The largest absolute Gasteiger partial charge is 0.348 e. The number of aromatic nitrogens is 4. The Balaban J connectivity index is 1.88. The SMILES string of the molecule is O=C(NCc1nnnn1C(c1ccccc1)(c1ccccc1)c1ccccc1)C(Br)CCBr. The Hall–Kier alpha value is -2.84. The smallest absolute Gasteiger partial charge is 0.234 e. The Bertz CT molecular complexity index is 1070. The predicted molar refractivity (Wildman–Crippen MR) is 135 cm³/mol. The lowest BCUT2D eigenvalue weighted by atomic mass is 9.77. The topological polar surface area (TPSA) is 72.7 Å². The van der Waals surface area contributed by atoms with Crippen LogP contribution in [0.4, 0.5) is 0 Å². The second-order valence-corrected chi connectivity index (χ2v) is 9.38. The average molecular weight is 569 g/mol. The Morgan fingerprint density at radius 3 is 1.82 bits per heavy atom. The number of tetrazole rings is 1. The number of carbonyl (C=O) groups excluding carboxylic acids is 1. The van der Waals surface area contributed by atoms with E-state index in [4.69, 9.17) is 0 Å². The summed E-state index contributed by atoms with van der Waals surface area (Å²) in [6, 6.07) is 30.5. The van der Waals surface area contributed by atoms with Crippen molar-refractivity contribution in [3.8, 4) is 0 Å². The third-order valence-corrected chi connectivity index (χ3v) is 6.83. The Morgan fingerprint density at radius 1 is 0.879 bits per heavy atom. The van der Waals surface area contributed by atoms with Crippen molar-refractivity contribution < 1.29 is 4.79 Å². The zero-order valence-electron chi connectivity index (χ0n) is 17.8. The molecular formula is C25H23Br2N5O.